The number of benzene rings is 1. The first-order valence-corrected chi connectivity index (χ1v) is 8.33. The van der Waals surface area contributed by atoms with E-state index in [9.17, 15) is 9.59 Å². The van der Waals surface area contributed by atoms with Crippen LogP contribution < -0.4 is 15.9 Å². The number of rotatable bonds is 6. The lowest BCUT2D eigenvalue weighted by Gasteiger charge is -2.11. The molecule has 7 nitrogen and oxygen atoms in total. The Balaban J connectivity index is 2.03. The van der Waals surface area contributed by atoms with Gasteiger partial charge in [0.05, 0.1) is 6.21 Å². The zero-order chi connectivity index (χ0) is 17.5. The van der Waals surface area contributed by atoms with E-state index in [1.807, 2.05) is 50.2 Å². The number of nitrogens with one attached hydrogen (secondary N) is 2. The number of carbonyl (C=O) groups is 1. The SMILES string of the molecule is CCSc1nc(C(=O)NN=Cc2ccc(N(C)C)cc2)cc(=O)[nH]1. The standard InChI is InChI=1S/C16H19N5O2S/c1-4-24-16-18-13(9-14(22)19-16)15(23)20-17-10-11-5-7-12(8-6-11)21(2)3/h5-10H,4H2,1-3H3,(H,20,23)(H,18,19,22). The third-order valence-electron chi connectivity index (χ3n) is 3.02. The zero-order valence-electron chi connectivity index (χ0n) is 13.7. The fourth-order valence-electron chi connectivity index (χ4n) is 1.84. The number of carbonyl (C=O) groups excluding carboxylic acids is 1. The molecule has 0 radical (unpaired) electrons. The zero-order valence-corrected chi connectivity index (χ0v) is 14.6. The predicted octanol–water partition coefficient (Wildman–Crippen LogP) is 1.71. The van der Waals surface area contributed by atoms with E-state index >= 15 is 0 Å². The van der Waals surface area contributed by atoms with E-state index in [1.165, 1.54) is 18.0 Å². The van der Waals surface area contributed by atoms with Crippen LogP contribution in [-0.4, -0.2) is 41.9 Å². The molecule has 2 rings (SSSR count). The Kier molecular flexibility index (Phi) is 6.14. The highest BCUT2D eigenvalue weighted by molar-refractivity contribution is 7.99. The highest BCUT2D eigenvalue weighted by atomic mass is 32.2. The molecule has 0 aliphatic heterocycles. The Bertz CT molecular complexity index is 784. The van der Waals surface area contributed by atoms with Crippen LogP contribution >= 0.6 is 11.8 Å². The highest BCUT2D eigenvalue weighted by Gasteiger charge is 2.09. The van der Waals surface area contributed by atoms with Crippen LogP contribution in [0.5, 0.6) is 0 Å². The molecule has 1 heterocycles. The lowest BCUT2D eigenvalue weighted by molar-refractivity contribution is 0.0949. The van der Waals surface area contributed by atoms with Crippen molar-refractivity contribution in [1.82, 2.24) is 15.4 Å². The first-order chi connectivity index (χ1) is 11.5. The van der Waals surface area contributed by atoms with Gasteiger partial charge in [-0.3, -0.25) is 9.59 Å². The van der Waals surface area contributed by atoms with E-state index in [1.54, 1.807) is 0 Å². The first kappa shape index (κ1) is 17.7. The van der Waals surface area contributed by atoms with E-state index in [0.29, 0.717) is 5.16 Å². The third-order valence-corrected chi connectivity index (χ3v) is 3.78. The van der Waals surface area contributed by atoms with Crippen molar-refractivity contribution in [3.05, 3.63) is 51.9 Å². The van der Waals surface area contributed by atoms with Crippen LogP contribution in [0.4, 0.5) is 5.69 Å². The molecule has 1 aromatic heterocycles. The second-order valence-corrected chi connectivity index (χ2v) is 6.31. The monoisotopic (exact) mass is 345 g/mol. The first-order valence-electron chi connectivity index (χ1n) is 7.34. The normalized spacial score (nSPS) is 10.8. The summed E-state index contributed by atoms with van der Waals surface area (Å²) in [6.45, 7) is 1.93. The number of nitrogens with zero attached hydrogens (tertiary/aromatic N) is 3. The van der Waals surface area contributed by atoms with Crippen LogP contribution in [0, 0.1) is 0 Å². The molecule has 2 N–H and O–H groups in total. The van der Waals surface area contributed by atoms with Crippen molar-refractivity contribution in [3.63, 3.8) is 0 Å². The van der Waals surface area contributed by atoms with Gasteiger partial charge in [0, 0.05) is 25.8 Å². The smallest absolute Gasteiger partial charge is 0.290 e. The summed E-state index contributed by atoms with van der Waals surface area (Å²) >= 11 is 1.36. The Morgan fingerprint density at radius 3 is 2.71 bits per heavy atom. The van der Waals surface area contributed by atoms with Crippen LogP contribution in [0.25, 0.3) is 0 Å². The van der Waals surface area contributed by atoms with Crippen molar-refractivity contribution in [3.8, 4) is 0 Å². The van der Waals surface area contributed by atoms with Gasteiger partial charge in [-0.25, -0.2) is 10.4 Å². The highest BCUT2D eigenvalue weighted by Crippen LogP contribution is 2.11. The van der Waals surface area contributed by atoms with Crippen molar-refractivity contribution >= 4 is 29.6 Å². The number of hydrogen-bond donors (Lipinski definition) is 2. The predicted molar refractivity (Wildman–Crippen MR) is 97.1 cm³/mol. The summed E-state index contributed by atoms with van der Waals surface area (Å²) in [5.41, 5.74) is 3.97. The number of aromatic amines is 1. The molecule has 0 saturated carbocycles. The average Bonchev–Trinajstić information content (AvgIpc) is 2.55. The number of hydrogen-bond acceptors (Lipinski definition) is 6. The quantitative estimate of drug-likeness (QED) is 0.360. The second-order valence-electron chi connectivity index (χ2n) is 5.05. The van der Waals surface area contributed by atoms with Crippen LogP contribution in [0.3, 0.4) is 0 Å². The maximum absolute atomic E-state index is 12.0. The topological polar surface area (TPSA) is 90.4 Å². The van der Waals surface area contributed by atoms with Crippen molar-refractivity contribution in [2.45, 2.75) is 12.1 Å². The number of amides is 1. The Labute approximate surface area is 144 Å². The molecule has 0 aliphatic carbocycles. The van der Waals surface area contributed by atoms with Gasteiger partial charge in [0.1, 0.15) is 5.69 Å². The van der Waals surface area contributed by atoms with Crippen molar-refractivity contribution in [1.29, 1.82) is 0 Å². The molecule has 0 atom stereocenters. The van der Waals surface area contributed by atoms with E-state index in [-0.39, 0.29) is 11.3 Å². The maximum atomic E-state index is 12.0. The Morgan fingerprint density at radius 1 is 1.38 bits per heavy atom. The minimum atomic E-state index is -0.528. The van der Waals surface area contributed by atoms with Gasteiger partial charge in [-0.1, -0.05) is 30.8 Å². The van der Waals surface area contributed by atoms with Crippen LogP contribution in [0.2, 0.25) is 0 Å². The molecule has 2 aromatic rings. The van der Waals surface area contributed by atoms with Crippen molar-refractivity contribution < 1.29 is 4.79 Å². The van der Waals surface area contributed by atoms with Crippen LogP contribution in [0.15, 0.2) is 45.4 Å². The van der Waals surface area contributed by atoms with Crippen molar-refractivity contribution in [2.75, 3.05) is 24.7 Å². The van der Waals surface area contributed by atoms with E-state index < -0.39 is 5.91 Å². The van der Waals surface area contributed by atoms with Gasteiger partial charge >= 0.3 is 0 Å². The fourth-order valence-corrected chi connectivity index (χ4v) is 2.45. The molecule has 0 fully saturated rings. The van der Waals surface area contributed by atoms with Gasteiger partial charge in [0.15, 0.2) is 5.16 Å². The molecule has 24 heavy (non-hydrogen) atoms. The summed E-state index contributed by atoms with van der Waals surface area (Å²) in [5, 5.41) is 4.32. The van der Waals surface area contributed by atoms with Crippen LogP contribution in [-0.2, 0) is 0 Å². The third kappa shape index (κ3) is 4.95. The van der Waals surface area contributed by atoms with Gasteiger partial charge in [0.2, 0.25) is 0 Å². The summed E-state index contributed by atoms with van der Waals surface area (Å²) in [6.07, 6.45) is 1.53. The largest absolute Gasteiger partial charge is 0.378 e. The molecule has 1 aromatic carbocycles. The van der Waals surface area contributed by atoms with E-state index in [4.69, 9.17) is 0 Å². The molecule has 1 amide bonds. The van der Waals surface area contributed by atoms with Gasteiger partial charge in [-0.05, 0) is 23.4 Å². The number of anilines is 1. The minimum Gasteiger partial charge on any atom is -0.378 e. The average molecular weight is 345 g/mol. The Morgan fingerprint density at radius 2 is 2.08 bits per heavy atom. The number of thioether (sulfide) groups is 1. The fraction of sp³-hybridized carbons (Fsp3) is 0.250. The number of aromatic nitrogens is 2. The molecule has 0 unspecified atom stereocenters. The summed E-state index contributed by atoms with van der Waals surface area (Å²) in [5.74, 6) is 0.218. The molecule has 0 aliphatic rings. The molecule has 8 heteroatoms. The number of H-pyrrole nitrogens is 1. The molecule has 0 saturated heterocycles. The summed E-state index contributed by atoms with van der Waals surface area (Å²) < 4.78 is 0. The van der Waals surface area contributed by atoms with Gasteiger partial charge in [-0.2, -0.15) is 5.10 Å². The van der Waals surface area contributed by atoms with E-state index in [2.05, 4.69) is 20.5 Å². The molecular formula is C16H19N5O2S. The van der Waals surface area contributed by atoms with Crippen LogP contribution in [0.1, 0.15) is 23.0 Å². The summed E-state index contributed by atoms with van der Waals surface area (Å²) in [6, 6.07) is 8.85. The maximum Gasteiger partial charge on any atom is 0.290 e. The second kappa shape index (κ2) is 8.30. The molecule has 126 valence electrons. The van der Waals surface area contributed by atoms with Gasteiger partial charge in [0.25, 0.3) is 11.5 Å². The molecular weight excluding hydrogens is 326 g/mol. The van der Waals surface area contributed by atoms with E-state index in [0.717, 1.165) is 23.1 Å². The van der Waals surface area contributed by atoms with Gasteiger partial charge < -0.3 is 9.88 Å². The lowest BCUT2D eigenvalue weighted by Crippen LogP contribution is -2.22. The molecule has 0 bridgehead atoms. The van der Waals surface area contributed by atoms with Crippen molar-refractivity contribution in [2.24, 2.45) is 5.10 Å². The minimum absolute atomic E-state index is 0.0369. The lowest BCUT2D eigenvalue weighted by atomic mass is 10.2. The van der Waals surface area contributed by atoms with Gasteiger partial charge in [-0.15, -0.1) is 0 Å². The summed E-state index contributed by atoms with van der Waals surface area (Å²) in [4.78, 5) is 32.2. The summed E-state index contributed by atoms with van der Waals surface area (Å²) in [7, 11) is 3.92. The Hall–Kier alpha value is -2.61. The number of hydrazone groups is 1. The molecule has 0 spiro atoms.